The van der Waals surface area contributed by atoms with Crippen LogP contribution in [-0.2, 0) is 6.54 Å². The van der Waals surface area contributed by atoms with E-state index in [9.17, 15) is 5.11 Å². The van der Waals surface area contributed by atoms with Gasteiger partial charge in [0.25, 0.3) is 0 Å². The summed E-state index contributed by atoms with van der Waals surface area (Å²) in [4.78, 5) is 0. The molecule has 0 spiro atoms. The van der Waals surface area contributed by atoms with E-state index in [-0.39, 0.29) is 0 Å². The standard InChI is InChI=1S/C15H20N2O2/c1-11-6-5-7-13(14(11)19-4)12-8-16-17(9-12)10-15(2,3)18/h5-9,18H,10H2,1-4H3. The van der Waals surface area contributed by atoms with Crippen molar-refractivity contribution < 1.29 is 9.84 Å². The maximum Gasteiger partial charge on any atom is 0.129 e. The zero-order chi connectivity index (χ0) is 14.0. The van der Waals surface area contributed by atoms with E-state index in [0.29, 0.717) is 6.54 Å². The van der Waals surface area contributed by atoms with Crippen LogP contribution in [0.25, 0.3) is 11.1 Å². The Hall–Kier alpha value is -1.81. The van der Waals surface area contributed by atoms with Gasteiger partial charge in [0.15, 0.2) is 0 Å². The number of rotatable bonds is 4. The predicted molar refractivity (Wildman–Crippen MR) is 75.2 cm³/mol. The van der Waals surface area contributed by atoms with E-state index in [0.717, 1.165) is 22.4 Å². The molecule has 4 nitrogen and oxygen atoms in total. The van der Waals surface area contributed by atoms with Crippen LogP contribution in [0.15, 0.2) is 30.6 Å². The zero-order valence-electron chi connectivity index (χ0n) is 11.8. The van der Waals surface area contributed by atoms with Crippen LogP contribution in [0.5, 0.6) is 5.75 Å². The van der Waals surface area contributed by atoms with E-state index >= 15 is 0 Å². The summed E-state index contributed by atoms with van der Waals surface area (Å²) in [6.45, 7) is 6.01. The van der Waals surface area contributed by atoms with E-state index in [1.807, 2.05) is 31.3 Å². The second kappa shape index (κ2) is 5.05. The average molecular weight is 260 g/mol. The summed E-state index contributed by atoms with van der Waals surface area (Å²) in [6.07, 6.45) is 3.72. The van der Waals surface area contributed by atoms with Crippen LogP contribution in [0.3, 0.4) is 0 Å². The normalized spacial score (nSPS) is 11.6. The van der Waals surface area contributed by atoms with Crippen LogP contribution >= 0.6 is 0 Å². The molecular formula is C15H20N2O2. The molecule has 1 N–H and O–H groups in total. The van der Waals surface area contributed by atoms with Gasteiger partial charge in [-0.25, -0.2) is 0 Å². The zero-order valence-corrected chi connectivity index (χ0v) is 11.8. The third-order valence-electron chi connectivity index (χ3n) is 2.91. The highest BCUT2D eigenvalue weighted by molar-refractivity contribution is 5.71. The van der Waals surface area contributed by atoms with Crippen molar-refractivity contribution in [2.24, 2.45) is 0 Å². The Kier molecular flexibility index (Phi) is 3.62. The van der Waals surface area contributed by atoms with E-state index in [1.165, 1.54) is 0 Å². The van der Waals surface area contributed by atoms with Crippen molar-refractivity contribution in [3.63, 3.8) is 0 Å². The third-order valence-corrected chi connectivity index (χ3v) is 2.91. The number of benzene rings is 1. The number of hydrogen-bond acceptors (Lipinski definition) is 3. The molecule has 2 aromatic rings. The lowest BCUT2D eigenvalue weighted by atomic mass is 10.1. The van der Waals surface area contributed by atoms with E-state index in [1.54, 1.807) is 31.8 Å². The van der Waals surface area contributed by atoms with Gasteiger partial charge in [-0.1, -0.05) is 18.2 Å². The number of hydrogen-bond donors (Lipinski definition) is 1. The topological polar surface area (TPSA) is 47.3 Å². The first-order valence-corrected chi connectivity index (χ1v) is 6.29. The SMILES string of the molecule is COc1c(C)cccc1-c1cnn(CC(C)(C)O)c1. The Morgan fingerprint density at radius 2 is 2.11 bits per heavy atom. The lowest BCUT2D eigenvalue weighted by Gasteiger charge is -2.16. The highest BCUT2D eigenvalue weighted by Gasteiger charge is 2.15. The molecule has 0 amide bonds. The van der Waals surface area contributed by atoms with E-state index in [2.05, 4.69) is 5.10 Å². The van der Waals surface area contributed by atoms with Crippen LogP contribution in [0.4, 0.5) is 0 Å². The minimum absolute atomic E-state index is 0.459. The molecular weight excluding hydrogens is 240 g/mol. The largest absolute Gasteiger partial charge is 0.496 e. The molecule has 0 aliphatic rings. The van der Waals surface area contributed by atoms with E-state index < -0.39 is 5.60 Å². The Labute approximate surface area is 113 Å². The first-order valence-electron chi connectivity index (χ1n) is 6.29. The quantitative estimate of drug-likeness (QED) is 0.919. The van der Waals surface area contributed by atoms with Gasteiger partial charge in [-0.15, -0.1) is 0 Å². The smallest absolute Gasteiger partial charge is 0.129 e. The Morgan fingerprint density at radius 3 is 2.74 bits per heavy atom. The van der Waals surface area contributed by atoms with Crippen molar-refractivity contribution in [1.82, 2.24) is 9.78 Å². The monoisotopic (exact) mass is 260 g/mol. The van der Waals surface area contributed by atoms with Crippen molar-refractivity contribution in [2.45, 2.75) is 32.9 Å². The van der Waals surface area contributed by atoms with Crippen molar-refractivity contribution in [3.05, 3.63) is 36.2 Å². The minimum atomic E-state index is -0.778. The van der Waals surface area contributed by atoms with Gasteiger partial charge in [-0.05, 0) is 26.3 Å². The molecule has 0 unspecified atom stereocenters. The van der Waals surface area contributed by atoms with Gasteiger partial charge in [0, 0.05) is 17.3 Å². The molecule has 0 fully saturated rings. The van der Waals surface area contributed by atoms with Crippen LogP contribution in [0, 0.1) is 6.92 Å². The Balaban J connectivity index is 2.36. The molecule has 0 atom stereocenters. The first-order chi connectivity index (χ1) is 8.90. The molecule has 0 saturated heterocycles. The van der Waals surface area contributed by atoms with Gasteiger partial charge in [-0.2, -0.15) is 5.10 Å². The highest BCUT2D eigenvalue weighted by Crippen LogP contribution is 2.32. The minimum Gasteiger partial charge on any atom is -0.496 e. The molecule has 0 radical (unpaired) electrons. The maximum atomic E-state index is 9.81. The number of nitrogens with zero attached hydrogens (tertiary/aromatic N) is 2. The second-order valence-electron chi connectivity index (χ2n) is 5.39. The van der Waals surface area contributed by atoms with Gasteiger partial charge in [0.05, 0.1) is 25.5 Å². The summed E-state index contributed by atoms with van der Waals surface area (Å²) in [7, 11) is 1.67. The molecule has 1 aromatic heterocycles. The summed E-state index contributed by atoms with van der Waals surface area (Å²) in [5, 5.41) is 14.1. The summed E-state index contributed by atoms with van der Waals surface area (Å²) in [5.41, 5.74) is 2.32. The molecule has 0 bridgehead atoms. The number of aromatic nitrogens is 2. The predicted octanol–water partition coefficient (Wildman–Crippen LogP) is 2.64. The van der Waals surface area contributed by atoms with Crippen molar-refractivity contribution >= 4 is 0 Å². The average Bonchev–Trinajstić information content (AvgIpc) is 2.74. The number of aliphatic hydroxyl groups is 1. The molecule has 0 saturated carbocycles. The van der Waals surface area contributed by atoms with Crippen molar-refractivity contribution in [2.75, 3.05) is 7.11 Å². The molecule has 19 heavy (non-hydrogen) atoms. The molecule has 0 aliphatic heterocycles. The van der Waals surface area contributed by atoms with Crippen LogP contribution in [0.1, 0.15) is 19.4 Å². The first kappa shape index (κ1) is 13.6. The second-order valence-corrected chi connectivity index (χ2v) is 5.39. The molecule has 1 heterocycles. The number of methoxy groups -OCH3 is 1. The Bertz CT molecular complexity index is 568. The van der Waals surface area contributed by atoms with E-state index in [4.69, 9.17) is 4.74 Å². The van der Waals surface area contributed by atoms with Crippen molar-refractivity contribution in [3.8, 4) is 16.9 Å². The number of ether oxygens (including phenoxy) is 1. The van der Waals surface area contributed by atoms with Gasteiger partial charge in [0.2, 0.25) is 0 Å². The Morgan fingerprint density at radius 1 is 1.37 bits per heavy atom. The van der Waals surface area contributed by atoms with Gasteiger partial charge in [0.1, 0.15) is 5.75 Å². The fraction of sp³-hybridized carbons (Fsp3) is 0.400. The fourth-order valence-electron chi connectivity index (χ4n) is 2.14. The van der Waals surface area contributed by atoms with Gasteiger partial charge < -0.3 is 9.84 Å². The summed E-state index contributed by atoms with van der Waals surface area (Å²) >= 11 is 0. The van der Waals surface area contributed by atoms with Crippen LogP contribution in [-0.4, -0.2) is 27.6 Å². The van der Waals surface area contributed by atoms with Crippen LogP contribution < -0.4 is 4.74 Å². The highest BCUT2D eigenvalue weighted by atomic mass is 16.5. The molecule has 2 rings (SSSR count). The number of para-hydroxylation sites is 1. The maximum absolute atomic E-state index is 9.81. The lowest BCUT2D eigenvalue weighted by molar-refractivity contribution is 0.0577. The third kappa shape index (κ3) is 3.15. The number of aryl methyl sites for hydroxylation is 1. The fourth-order valence-corrected chi connectivity index (χ4v) is 2.14. The van der Waals surface area contributed by atoms with Gasteiger partial charge in [-0.3, -0.25) is 4.68 Å². The molecule has 4 heteroatoms. The molecule has 102 valence electrons. The summed E-state index contributed by atoms with van der Waals surface area (Å²) in [6, 6.07) is 6.03. The molecule has 1 aromatic carbocycles. The lowest BCUT2D eigenvalue weighted by Crippen LogP contribution is -2.26. The summed E-state index contributed by atoms with van der Waals surface area (Å²) < 4.78 is 7.20. The summed E-state index contributed by atoms with van der Waals surface area (Å²) in [5.74, 6) is 0.866. The molecule has 0 aliphatic carbocycles. The van der Waals surface area contributed by atoms with Crippen molar-refractivity contribution in [1.29, 1.82) is 0 Å². The van der Waals surface area contributed by atoms with Gasteiger partial charge >= 0.3 is 0 Å². The van der Waals surface area contributed by atoms with Crippen LogP contribution in [0.2, 0.25) is 0 Å².